The van der Waals surface area contributed by atoms with E-state index in [2.05, 4.69) is 15.5 Å². The van der Waals surface area contributed by atoms with E-state index in [4.69, 9.17) is 0 Å². The van der Waals surface area contributed by atoms with Gasteiger partial charge in [0.1, 0.15) is 0 Å². The number of benzene rings is 1. The Morgan fingerprint density at radius 1 is 1.30 bits per heavy atom. The standard InChI is InChI=1S/C15H20N4O3S/c1-4-19(5-2)23(21,22)13-7-6-11(3)14(8-13)15(20)18-12-9-16-17-10-12/h6-10H,4-5H2,1-3H3,(H,16,17)(H,18,20). The van der Waals surface area contributed by atoms with Crippen LogP contribution in [-0.2, 0) is 10.0 Å². The lowest BCUT2D eigenvalue weighted by Gasteiger charge is -2.19. The summed E-state index contributed by atoms with van der Waals surface area (Å²) in [7, 11) is -3.60. The van der Waals surface area contributed by atoms with E-state index in [1.807, 2.05) is 0 Å². The molecule has 8 heteroatoms. The van der Waals surface area contributed by atoms with Crippen LogP contribution in [0.2, 0.25) is 0 Å². The fraction of sp³-hybridized carbons (Fsp3) is 0.333. The van der Waals surface area contributed by atoms with E-state index in [9.17, 15) is 13.2 Å². The zero-order valence-corrected chi connectivity index (χ0v) is 14.1. The smallest absolute Gasteiger partial charge is 0.256 e. The monoisotopic (exact) mass is 336 g/mol. The van der Waals surface area contributed by atoms with Gasteiger partial charge in [-0.05, 0) is 24.6 Å². The molecule has 1 heterocycles. The number of hydrogen-bond donors (Lipinski definition) is 2. The van der Waals surface area contributed by atoms with Crippen molar-refractivity contribution >= 4 is 21.6 Å². The van der Waals surface area contributed by atoms with Gasteiger partial charge in [0.15, 0.2) is 0 Å². The Morgan fingerprint density at radius 2 is 2.00 bits per heavy atom. The highest BCUT2D eigenvalue weighted by molar-refractivity contribution is 7.89. The molecule has 0 atom stereocenters. The Kier molecular flexibility index (Phi) is 5.17. The zero-order valence-electron chi connectivity index (χ0n) is 13.3. The first-order chi connectivity index (χ1) is 10.9. The van der Waals surface area contributed by atoms with E-state index in [0.29, 0.717) is 29.9 Å². The number of carbonyl (C=O) groups excluding carboxylic acids is 1. The largest absolute Gasteiger partial charge is 0.319 e. The molecular formula is C15H20N4O3S. The predicted octanol–water partition coefficient (Wildman–Crippen LogP) is 2.00. The fourth-order valence-electron chi connectivity index (χ4n) is 2.24. The second kappa shape index (κ2) is 6.93. The number of carbonyl (C=O) groups is 1. The SMILES string of the molecule is CCN(CC)S(=O)(=O)c1ccc(C)c(C(=O)Nc2cn[nH]c2)c1. The lowest BCUT2D eigenvalue weighted by atomic mass is 10.1. The summed E-state index contributed by atoms with van der Waals surface area (Å²) in [6, 6.07) is 4.58. The number of sulfonamides is 1. The third kappa shape index (κ3) is 3.59. The number of nitrogens with zero attached hydrogens (tertiary/aromatic N) is 2. The molecule has 1 aromatic heterocycles. The van der Waals surface area contributed by atoms with Crippen LogP contribution in [0.4, 0.5) is 5.69 Å². The Hall–Kier alpha value is -2.19. The van der Waals surface area contributed by atoms with Crippen LogP contribution in [0.1, 0.15) is 29.8 Å². The number of rotatable bonds is 6. The van der Waals surface area contributed by atoms with Gasteiger partial charge in [0.25, 0.3) is 5.91 Å². The van der Waals surface area contributed by atoms with Crippen LogP contribution in [0.25, 0.3) is 0 Å². The minimum atomic E-state index is -3.60. The number of anilines is 1. The van der Waals surface area contributed by atoms with Gasteiger partial charge in [-0.25, -0.2) is 8.42 Å². The highest BCUT2D eigenvalue weighted by Gasteiger charge is 2.23. The molecule has 0 fully saturated rings. The van der Waals surface area contributed by atoms with E-state index in [0.717, 1.165) is 0 Å². The van der Waals surface area contributed by atoms with Gasteiger partial charge in [-0.2, -0.15) is 9.40 Å². The molecule has 0 radical (unpaired) electrons. The van der Waals surface area contributed by atoms with Crippen molar-refractivity contribution < 1.29 is 13.2 Å². The Balaban J connectivity index is 2.37. The van der Waals surface area contributed by atoms with Gasteiger partial charge in [0.2, 0.25) is 10.0 Å². The average molecular weight is 336 g/mol. The third-order valence-electron chi connectivity index (χ3n) is 3.55. The maximum Gasteiger partial charge on any atom is 0.256 e. The maximum atomic E-state index is 12.6. The molecule has 0 saturated carbocycles. The summed E-state index contributed by atoms with van der Waals surface area (Å²) in [4.78, 5) is 12.5. The number of aromatic nitrogens is 2. The van der Waals surface area contributed by atoms with Crippen LogP contribution >= 0.6 is 0 Å². The summed E-state index contributed by atoms with van der Waals surface area (Å²) in [5.41, 5.74) is 1.54. The van der Waals surface area contributed by atoms with Crippen LogP contribution in [0.3, 0.4) is 0 Å². The fourth-order valence-corrected chi connectivity index (χ4v) is 3.72. The molecule has 0 spiro atoms. The molecule has 124 valence electrons. The lowest BCUT2D eigenvalue weighted by Crippen LogP contribution is -2.30. The molecule has 1 aromatic carbocycles. The molecule has 0 aliphatic rings. The van der Waals surface area contributed by atoms with Crippen molar-refractivity contribution in [3.8, 4) is 0 Å². The van der Waals surface area contributed by atoms with Crippen molar-refractivity contribution in [2.75, 3.05) is 18.4 Å². The zero-order chi connectivity index (χ0) is 17.0. The van der Waals surface area contributed by atoms with E-state index < -0.39 is 10.0 Å². The molecule has 7 nitrogen and oxygen atoms in total. The molecule has 2 N–H and O–H groups in total. The van der Waals surface area contributed by atoms with Crippen molar-refractivity contribution in [1.82, 2.24) is 14.5 Å². The molecule has 0 aliphatic heterocycles. The number of hydrogen-bond acceptors (Lipinski definition) is 4. The summed E-state index contributed by atoms with van der Waals surface area (Å²) in [5.74, 6) is -0.375. The van der Waals surface area contributed by atoms with Gasteiger partial charge in [-0.3, -0.25) is 9.89 Å². The van der Waals surface area contributed by atoms with Crippen molar-refractivity contribution in [1.29, 1.82) is 0 Å². The molecule has 0 aliphatic carbocycles. The number of aromatic amines is 1. The summed E-state index contributed by atoms with van der Waals surface area (Å²) < 4.78 is 26.5. The molecule has 2 aromatic rings. The molecule has 0 saturated heterocycles. The van der Waals surface area contributed by atoms with E-state index in [1.54, 1.807) is 33.0 Å². The topological polar surface area (TPSA) is 95.2 Å². The molecular weight excluding hydrogens is 316 g/mol. The second-order valence-electron chi connectivity index (χ2n) is 5.01. The van der Waals surface area contributed by atoms with E-state index in [-0.39, 0.29) is 10.8 Å². The highest BCUT2D eigenvalue weighted by atomic mass is 32.2. The Bertz CT molecular complexity index is 781. The lowest BCUT2D eigenvalue weighted by molar-refractivity contribution is 0.102. The van der Waals surface area contributed by atoms with Crippen LogP contribution < -0.4 is 5.32 Å². The maximum absolute atomic E-state index is 12.6. The van der Waals surface area contributed by atoms with Crippen molar-refractivity contribution in [2.24, 2.45) is 0 Å². The molecule has 2 rings (SSSR count). The van der Waals surface area contributed by atoms with Gasteiger partial charge < -0.3 is 5.32 Å². The molecule has 0 unspecified atom stereocenters. The highest BCUT2D eigenvalue weighted by Crippen LogP contribution is 2.20. The van der Waals surface area contributed by atoms with Gasteiger partial charge in [0, 0.05) is 24.8 Å². The predicted molar refractivity (Wildman–Crippen MR) is 87.8 cm³/mol. The molecule has 0 bridgehead atoms. The molecule has 1 amide bonds. The molecule has 23 heavy (non-hydrogen) atoms. The van der Waals surface area contributed by atoms with Gasteiger partial charge in [0.05, 0.1) is 16.8 Å². The van der Waals surface area contributed by atoms with Gasteiger partial charge >= 0.3 is 0 Å². The number of amides is 1. The van der Waals surface area contributed by atoms with Gasteiger partial charge in [-0.15, -0.1) is 0 Å². The van der Waals surface area contributed by atoms with Crippen LogP contribution in [0, 0.1) is 6.92 Å². The second-order valence-corrected chi connectivity index (χ2v) is 6.95. The summed E-state index contributed by atoms with van der Waals surface area (Å²) in [6.45, 7) is 6.08. The minimum Gasteiger partial charge on any atom is -0.319 e. The van der Waals surface area contributed by atoms with Crippen molar-refractivity contribution in [3.05, 3.63) is 41.7 Å². The number of H-pyrrole nitrogens is 1. The summed E-state index contributed by atoms with van der Waals surface area (Å²) in [6.07, 6.45) is 3.02. The van der Waals surface area contributed by atoms with Crippen LogP contribution in [0.5, 0.6) is 0 Å². The first-order valence-corrected chi connectivity index (χ1v) is 8.75. The minimum absolute atomic E-state index is 0.115. The number of nitrogens with one attached hydrogen (secondary N) is 2. The Labute approximate surface area is 135 Å². The normalized spacial score (nSPS) is 11.7. The summed E-state index contributed by atoms with van der Waals surface area (Å²) in [5, 5.41) is 9.02. The third-order valence-corrected chi connectivity index (χ3v) is 5.60. The quantitative estimate of drug-likeness (QED) is 0.843. The van der Waals surface area contributed by atoms with E-state index >= 15 is 0 Å². The average Bonchev–Trinajstić information content (AvgIpc) is 3.01. The Morgan fingerprint density at radius 3 is 2.57 bits per heavy atom. The first-order valence-electron chi connectivity index (χ1n) is 7.31. The van der Waals surface area contributed by atoms with Gasteiger partial charge in [-0.1, -0.05) is 19.9 Å². The first kappa shape index (κ1) is 17.2. The number of aryl methyl sites for hydroxylation is 1. The van der Waals surface area contributed by atoms with E-state index in [1.165, 1.54) is 22.6 Å². The van der Waals surface area contributed by atoms with Crippen molar-refractivity contribution in [2.45, 2.75) is 25.7 Å². The van der Waals surface area contributed by atoms with Crippen LogP contribution in [-0.4, -0.2) is 41.9 Å². The van der Waals surface area contributed by atoms with Crippen LogP contribution in [0.15, 0.2) is 35.5 Å². The summed E-state index contributed by atoms with van der Waals surface area (Å²) >= 11 is 0. The van der Waals surface area contributed by atoms with Crippen molar-refractivity contribution in [3.63, 3.8) is 0 Å².